The van der Waals surface area contributed by atoms with E-state index in [0.29, 0.717) is 18.2 Å². The maximum Gasteiger partial charge on any atom is 0.251 e. The first-order valence-corrected chi connectivity index (χ1v) is 16.6. The van der Waals surface area contributed by atoms with Gasteiger partial charge in [0.2, 0.25) is 0 Å². The van der Waals surface area contributed by atoms with Crippen LogP contribution >= 0.6 is 0 Å². The van der Waals surface area contributed by atoms with Crippen LogP contribution in [0.15, 0.2) is 97.1 Å². The van der Waals surface area contributed by atoms with Gasteiger partial charge in [0.25, 0.3) is 5.91 Å². The van der Waals surface area contributed by atoms with Crippen LogP contribution in [0.2, 0.25) is 0 Å². The number of nitrogens with one attached hydrogen (secondary N) is 1. The molecule has 6 nitrogen and oxygen atoms in total. The number of likely N-dealkylation sites (tertiary alicyclic amines) is 2. The molecule has 0 bridgehead atoms. The predicted octanol–water partition coefficient (Wildman–Crippen LogP) is 7.10. The molecule has 1 atom stereocenters. The maximum absolute atomic E-state index is 12.8. The smallest absolute Gasteiger partial charge is 0.251 e. The summed E-state index contributed by atoms with van der Waals surface area (Å²) >= 11 is 0. The maximum atomic E-state index is 12.8. The van der Waals surface area contributed by atoms with Crippen molar-refractivity contribution in [1.82, 2.24) is 19.7 Å². The van der Waals surface area contributed by atoms with Crippen LogP contribution in [0.1, 0.15) is 53.6 Å². The van der Waals surface area contributed by atoms with Crippen LogP contribution < -0.4 is 10.1 Å². The molecular formula is C39H44N4O2. The minimum Gasteiger partial charge on any atom is -0.490 e. The fourth-order valence-corrected chi connectivity index (χ4v) is 7.28. The van der Waals surface area contributed by atoms with Crippen LogP contribution in [0.5, 0.6) is 5.75 Å². The molecule has 45 heavy (non-hydrogen) atoms. The topological polar surface area (TPSA) is 49.7 Å². The van der Waals surface area contributed by atoms with Gasteiger partial charge in [-0.25, -0.2) is 0 Å². The zero-order valence-electron chi connectivity index (χ0n) is 26.3. The van der Waals surface area contributed by atoms with Crippen molar-refractivity contribution in [3.05, 3.63) is 114 Å². The first-order chi connectivity index (χ1) is 22.1. The van der Waals surface area contributed by atoms with E-state index in [9.17, 15) is 4.79 Å². The van der Waals surface area contributed by atoms with Crippen molar-refractivity contribution in [2.75, 3.05) is 33.2 Å². The molecule has 3 heterocycles. The number of rotatable bonds is 10. The van der Waals surface area contributed by atoms with Crippen molar-refractivity contribution in [2.24, 2.45) is 0 Å². The number of piperidine rings is 1. The lowest BCUT2D eigenvalue weighted by Crippen LogP contribution is -2.37. The first-order valence-electron chi connectivity index (χ1n) is 16.6. The molecule has 1 aromatic heterocycles. The fraction of sp³-hybridized carbons (Fsp3) is 0.359. The predicted molar refractivity (Wildman–Crippen MR) is 183 cm³/mol. The number of fused-ring (bicyclic) bond motifs is 3. The molecule has 2 aliphatic heterocycles. The second kappa shape index (κ2) is 13.5. The number of para-hydroxylation sites is 1. The quantitative estimate of drug-likeness (QED) is 0.186. The lowest BCUT2D eigenvalue weighted by atomic mass is 10.0. The third-order valence-corrected chi connectivity index (χ3v) is 9.79. The normalized spacial score (nSPS) is 18.1. The van der Waals surface area contributed by atoms with Gasteiger partial charge in [0, 0.05) is 66.1 Å². The molecule has 4 aromatic carbocycles. The molecule has 2 fully saturated rings. The van der Waals surface area contributed by atoms with E-state index in [-0.39, 0.29) is 12.0 Å². The SMILES string of the molecule is CN1CCCC1CCNC(=O)c1cccc(OC2CCN(Cc3ccc4c(c3)c3ccccc3n4Cc3ccccc3)CC2)c1. The number of hydrogen-bond donors (Lipinski definition) is 1. The zero-order valence-corrected chi connectivity index (χ0v) is 26.3. The van der Waals surface area contributed by atoms with Gasteiger partial charge in [0.1, 0.15) is 11.9 Å². The molecule has 0 radical (unpaired) electrons. The van der Waals surface area contributed by atoms with Gasteiger partial charge in [-0.1, -0.05) is 60.7 Å². The van der Waals surface area contributed by atoms with Crippen molar-refractivity contribution >= 4 is 27.7 Å². The number of aromatic nitrogens is 1. The molecule has 7 rings (SSSR count). The van der Waals surface area contributed by atoms with Crippen LogP contribution in [-0.2, 0) is 13.1 Å². The second-order valence-corrected chi connectivity index (χ2v) is 12.9. The fourth-order valence-electron chi connectivity index (χ4n) is 7.28. The van der Waals surface area contributed by atoms with E-state index in [0.717, 1.165) is 57.7 Å². The summed E-state index contributed by atoms with van der Waals surface area (Å²) in [5, 5.41) is 5.75. The number of carbonyl (C=O) groups excluding carboxylic acids is 1. The summed E-state index contributed by atoms with van der Waals surface area (Å²) < 4.78 is 8.83. The summed E-state index contributed by atoms with van der Waals surface area (Å²) in [4.78, 5) is 17.7. The molecule has 1 N–H and O–H groups in total. The summed E-state index contributed by atoms with van der Waals surface area (Å²) in [6, 6.07) is 34.7. The Balaban J connectivity index is 0.946. The third-order valence-electron chi connectivity index (χ3n) is 9.79. The van der Waals surface area contributed by atoms with E-state index in [2.05, 4.69) is 99.5 Å². The number of carbonyl (C=O) groups is 1. The number of amides is 1. The summed E-state index contributed by atoms with van der Waals surface area (Å²) in [6.07, 6.45) is 5.60. The molecule has 0 spiro atoms. The lowest BCUT2D eigenvalue weighted by Gasteiger charge is -2.32. The Morgan fingerprint density at radius 1 is 0.778 bits per heavy atom. The third kappa shape index (κ3) is 6.77. The van der Waals surface area contributed by atoms with E-state index in [4.69, 9.17) is 4.74 Å². The standard InChI is InChI=1S/C39H44N4O2/c1-41-22-8-12-32(41)18-21-40-39(44)31-11-7-13-34(26-31)45-33-19-23-42(24-20-33)27-30-16-17-38-36(25-30)35-14-5-6-15-37(35)43(38)28-29-9-3-2-4-10-29/h2-7,9-11,13-17,25-26,32-33H,8,12,18-24,27-28H2,1H3,(H,40,44). The number of benzene rings is 4. The Labute approximate surface area is 266 Å². The largest absolute Gasteiger partial charge is 0.490 e. The van der Waals surface area contributed by atoms with Gasteiger partial charge in [0.15, 0.2) is 0 Å². The number of nitrogens with zero attached hydrogens (tertiary/aromatic N) is 3. The van der Waals surface area contributed by atoms with E-state index >= 15 is 0 Å². The highest BCUT2D eigenvalue weighted by atomic mass is 16.5. The van der Waals surface area contributed by atoms with Gasteiger partial charge in [0.05, 0.1) is 0 Å². The van der Waals surface area contributed by atoms with E-state index in [1.807, 2.05) is 24.3 Å². The summed E-state index contributed by atoms with van der Waals surface area (Å²) in [5.41, 5.74) is 5.90. The minimum absolute atomic E-state index is 0.0175. The minimum atomic E-state index is -0.0175. The molecule has 232 valence electrons. The zero-order chi connectivity index (χ0) is 30.6. The lowest BCUT2D eigenvalue weighted by molar-refractivity contribution is 0.0934. The molecule has 1 unspecified atom stereocenters. The molecule has 5 aromatic rings. The molecule has 2 aliphatic rings. The summed E-state index contributed by atoms with van der Waals surface area (Å²) in [6.45, 7) is 5.66. The number of hydrogen-bond acceptors (Lipinski definition) is 4. The van der Waals surface area contributed by atoms with Gasteiger partial charge >= 0.3 is 0 Å². The Kier molecular flexibility index (Phi) is 8.85. The molecule has 0 aliphatic carbocycles. The van der Waals surface area contributed by atoms with Crippen LogP contribution in [0.3, 0.4) is 0 Å². The van der Waals surface area contributed by atoms with Crippen molar-refractivity contribution in [3.8, 4) is 5.75 Å². The number of ether oxygens (including phenoxy) is 1. The van der Waals surface area contributed by atoms with Gasteiger partial charge in [-0.05, 0) is 93.2 Å². The summed E-state index contributed by atoms with van der Waals surface area (Å²) in [5.74, 6) is 0.769. The molecule has 6 heteroatoms. The highest BCUT2D eigenvalue weighted by Gasteiger charge is 2.23. The monoisotopic (exact) mass is 600 g/mol. The van der Waals surface area contributed by atoms with Gasteiger partial charge in [-0.15, -0.1) is 0 Å². The van der Waals surface area contributed by atoms with E-state index in [1.165, 1.54) is 45.8 Å². The molecular weight excluding hydrogens is 556 g/mol. The van der Waals surface area contributed by atoms with Gasteiger partial charge in [-0.3, -0.25) is 9.69 Å². The Hall–Kier alpha value is -4.13. The van der Waals surface area contributed by atoms with E-state index in [1.54, 1.807) is 0 Å². The van der Waals surface area contributed by atoms with Crippen molar-refractivity contribution in [1.29, 1.82) is 0 Å². The Bertz CT molecular complexity index is 1760. The Morgan fingerprint density at radius 2 is 1.58 bits per heavy atom. The highest BCUT2D eigenvalue weighted by molar-refractivity contribution is 6.08. The van der Waals surface area contributed by atoms with Crippen LogP contribution in [-0.4, -0.2) is 65.6 Å². The highest BCUT2D eigenvalue weighted by Crippen LogP contribution is 2.31. The van der Waals surface area contributed by atoms with E-state index < -0.39 is 0 Å². The van der Waals surface area contributed by atoms with Crippen molar-refractivity contribution < 1.29 is 9.53 Å². The van der Waals surface area contributed by atoms with Crippen LogP contribution in [0.4, 0.5) is 0 Å². The van der Waals surface area contributed by atoms with Gasteiger partial charge in [-0.2, -0.15) is 0 Å². The summed E-state index contributed by atoms with van der Waals surface area (Å²) in [7, 11) is 2.18. The van der Waals surface area contributed by atoms with Crippen LogP contribution in [0.25, 0.3) is 21.8 Å². The van der Waals surface area contributed by atoms with Crippen molar-refractivity contribution in [2.45, 2.75) is 57.3 Å². The average Bonchev–Trinajstić information content (AvgIpc) is 3.62. The van der Waals surface area contributed by atoms with Crippen LogP contribution in [0, 0.1) is 0 Å². The molecule has 2 saturated heterocycles. The molecule has 0 saturated carbocycles. The second-order valence-electron chi connectivity index (χ2n) is 12.9. The Morgan fingerprint density at radius 3 is 2.40 bits per heavy atom. The van der Waals surface area contributed by atoms with Gasteiger partial charge < -0.3 is 19.5 Å². The molecule has 1 amide bonds. The first kappa shape index (κ1) is 29.6. The average molecular weight is 601 g/mol. The van der Waals surface area contributed by atoms with Crippen molar-refractivity contribution in [3.63, 3.8) is 0 Å².